The number of ether oxygens (including phenoxy) is 1. The second kappa shape index (κ2) is 18.1. The average Bonchev–Trinajstić information content (AvgIpc) is 2.47. The maximum atomic E-state index is 10.9. The van der Waals surface area contributed by atoms with Gasteiger partial charge in [-0.2, -0.15) is 0 Å². The fourth-order valence-corrected chi connectivity index (χ4v) is 1.06. The van der Waals surface area contributed by atoms with Crippen LogP contribution in [0.25, 0.3) is 0 Å². The number of hydrogen-bond donors (Lipinski definition) is 1. The molecule has 1 amide bonds. The van der Waals surface area contributed by atoms with Gasteiger partial charge in [0.15, 0.2) is 6.61 Å². The van der Waals surface area contributed by atoms with Gasteiger partial charge in [0.05, 0.1) is 5.70 Å². The van der Waals surface area contributed by atoms with Gasteiger partial charge in [0.2, 0.25) is 0 Å². The van der Waals surface area contributed by atoms with Crippen LogP contribution < -0.4 is 5.32 Å². The molecule has 1 rings (SSSR count). The molecule has 3 heteroatoms. The van der Waals surface area contributed by atoms with Gasteiger partial charge in [0.25, 0.3) is 5.91 Å². The highest BCUT2D eigenvalue weighted by atomic mass is 16.5. The molecule has 0 aromatic rings. The van der Waals surface area contributed by atoms with Crippen molar-refractivity contribution in [3.63, 3.8) is 0 Å². The van der Waals surface area contributed by atoms with Crippen molar-refractivity contribution in [1.82, 2.24) is 5.32 Å². The molecule has 0 aromatic carbocycles. The van der Waals surface area contributed by atoms with Crippen LogP contribution in [0.4, 0.5) is 0 Å². The number of amides is 1. The molecular weight excluding hydrogens is 226 g/mol. The number of rotatable bonds is 2. The Balaban J connectivity index is -0.000000328. The van der Waals surface area contributed by atoms with E-state index in [2.05, 4.69) is 5.32 Å². The van der Waals surface area contributed by atoms with E-state index in [0.29, 0.717) is 0 Å². The van der Waals surface area contributed by atoms with Crippen molar-refractivity contribution >= 4 is 5.91 Å². The van der Waals surface area contributed by atoms with Gasteiger partial charge >= 0.3 is 0 Å². The fraction of sp³-hybridized carbons (Fsp3) is 0.667. The first kappa shape index (κ1) is 22.0. The lowest BCUT2D eigenvalue weighted by Gasteiger charge is -2.18. The topological polar surface area (TPSA) is 38.3 Å². The summed E-state index contributed by atoms with van der Waals surface area (Å²) in [4.78, 5) is 10.9. The molecule has 0 fully saturated rings. The molecule has 0 radical (unpaired) electrons. The van der Waals surface area contributed by atoms with Crippen molar-refractivity contribution in [3.8, 4) is 0 Å². The lowest BCUT2D eigenvalue weighted by molar-refractivity contribution is -0.125. The second-order valence-corrected chi connectivity index (χ2v) is 2.53. The van der Waals surface area contributed by atoms with E-state index < -0.39 is 0 Å². The molecule has 0 saturated carbocycles. The number of hydrogen-bond acceptors (Lipinski definition) is 2. The predicted octanol–water partition coefficient (Wildman–Crippen LogP) is 4.41. The van der Waals surface area contributed by atoms with E-state index in [1.807, 2.05) is 67.5 Å². The summed E-state index contributed by atoms with van der Waals surface area (Å²) in [5.74, 6) is 0.708. The summed E-state index contributed by atoms with van der Waals surface area (Å²) in [5.41, 5.74) is 0.865. The predicted molar refractivity (Wildman–Crippen MR) is 80.3 cm³/mol. The SMILES string of the molecule is C/C=C\C1=C(CC)NC(=O)CO1.CC.CC.CC. The largest absolute Gasteiger partial charge is 0.482 e. The zero-order valence-corrected chi connectivity index (χ0v) is 13.4. The van der Waals surface area contributed by atoms with Crippen LogP contribution in [-0.4, -0.2) is 12.5 Å². The molecule has 108 valence electrons. The van der Waals surface area contributed by atoms with Gasteiger partial charge in [-0.25, -0.2) is 0 Å². The summed E-state index contributed by atoms with van der Waals surface area (Å²) >= 11 is 0. The van der Waals surface area contributed by atoms with Crippen molar-refractivity contribution in [1.29, 1.82) is 0 Å². The van der Waals surface area contributed by atoms with Crippen molar-refractivity contribution < 1.29 is 9.53 Å². The van der Waals surface area contributed by atoms with Crippen LogP contribution in [-0.2, 0) is 9.53 Å². The summed E-state index contributed by atoms with van der Waals surface area (Å²) in [5, 5.41) is 2.77. The van der Waals surface area contributed by atoms with E-state index in [-0.39, 0.29) is 12.5 Å². The lowest BCUT2D eigenvalue weighted by Crippen LogP contribution is -2.32. The standard InChI is InChI=1S/C9H13NO2.3C2H6/c1-3-5-8-7(4-2)10-9(11)6-12-8;3*1-2/h3,5H,4,6H2,1-2H3,(H,10,11);3*1-2H3/b5-3-;;;. The van der Waals surface area contributed by atoms with Gasteiger partial charge in [-0.05, 0) is 19.4 Å². The van der Waals surface area contributed by atoms with Crippen LogP contribution in [0.15, 0.2) is 23.6 Å². The molecular formula is C15H31NO2. The van der Waals surface area contributed by atoms with E-state index in [9.17, 15) is 4.79 Å². The quantitative estimate of drug-likeness (QED) is 0.795. The number of allylic oxidation sites excluding steroid dienone is 3. The van der Waals surface area contributed by atoms with Crippen molar-refractivity contribution in [2.75, 3.05) is 6.61 Å². The van der Waals surface area contributed by atoms with Crippen LogP contribution in [0.3, 0.4) is 0 Å². The minimum absolute atomic E-state index is 0.0693. The Labute approximate surface area is 113 Å². The fourth-order valence-electron chi connectivity index (χ4n) is 1.06. The van der Waals surface area contributed by atoms with Crippen LogP contribution in [0.5, 0.6) is 0 Å². The molecule has 0 atom stereocenters. The first-order chi connectivity index (χ1) is 8.77. The van der Waals surface area contributed by atoms with Gasteiger partial charge in [0.1, 0.15) is 5.76 Å². The third kappa shape index (κ3) is 9.94. The normalized spacial score (nSPS) is 13.0. The Bertz CT molecular complexity index is 243. The molecule has 1 aliphatic rings. The monoisotopic (exact) mass is 257 g/mol. The Morgan fingerprint density at radius 2 is 1.67 bits per heavy atom. The highest BCUT2D eigenvalue weighted by molar-refractivity contribution is 5.80. The minimum atomic E-state index is -0.0693. The van der Waals surface area contributed by atoms with Crippen LogP contribution in [0.1, 0.15) is 61.8 Å². The maximum absolute atomic E-state index is 10.9. The molecule has 1 N–H and O–H groups in total. The zero-order chi connectivity index (χ0) is 15.0. The Morgan fingerprint density at radius 3 is 2.06 bits per heavy atom. The number of nitrogens with one attached hydrogen (secondary N) is 1. The van der Waals surface area contributed by atoms with Gasteiger partial charge in [0, 0.05) is 0 Å². The van der Waals surface area contributed by atoms with Crippen molar-refractivity contribution in [2.24, 2.45) is 0 Å². The van der Waals surface area contributed by atoms with E-state index in [4.69, 9.17) is 4.74 Å². The molecule has 0 spiro atoms. The summed E-state index contributed by atoms with van der Waals surface area (Å²) < 4.78 is 5.21. The van der Waals surface area contributed by atoms with Crippen LogP contribution in [0.2, 0.25) is 0 Å². The van der Waals surface area contributed by atoms with Crippen LogP contribution in [0, 0.1) is 0 Å². The van der Waals surface area contributed by atoms with E-state index in [1.165, 1.54) is 0 Å². The molecule has 0 aliphatic carbocycles. The third-order valence-corrected chi connectivity index (χ3v) is 1.62. The third-order valence-electron chi connectivity index (χ3n) is 1.62. The molecule has 0 aromatic heterocycles. The van der Waals surface area contributed by atoms with Gasteiger partial charge in [-0.1, -0.05) is 54.5 Å². The van der Waals surface area contributed by atoms with Gasteiger partial charge < -0.3 is 10.1 Å². The molecule has 18 heavy (non-hydrogen) atoms. The molecule has 1 heterocycles. The van der Waals surface area contributed by atoms with Gasteiger partial charge in [-0.3, -0.25) is 4.79 Å². The summed E-state index contributed by atoms with van der Waals surface area (Å²) in [6.45, 7) is 16.0. The Kier molecular flexibility index (Phi) is 22.1. The van der Waals surface area contributed by atoms with E-state index in [0.717, 1.165) is 17.9 Å². The summed E-state index contributed by atoms with van der Waals surface area (Å²) in [6, 6.07) is 0. The molecule has 0 bridgehead atoms. The van der Waals surface area contributed by atoms with Crippen LogP contribution >= 0.6 is 0 Å². The number of carbonyl (C=O) groups is 1. The first-order valence-corrected chi connectivity index (χ1v) is 7.06. The first-order valence-electron chi connectivity index (χ1n) is 7.06. The maximum Gasteiger partial charge on any atom is 0.262 e. The molecule has 0 saturated heterocycles. The average molecular weight is 257 g/mol. The zero-order valence-electron chi connectivity index (χ0n) is 13.4. The van der Waals surface area contributed by atoms with Gasteiger partial charge in [-0.15, -0.1) is 0 Å². The van der Waals surface area contributed by atoms with E-state index in [1.54, 1.807) is 0 Å². The molecule has 1 aliphatic heterocycles. The Hall–Kier alpha value is -1.25. The van der Waals surface area contributed by atoms with Crippen molar-refractivity contribution in [3.05, 3.63) is 23.6 Å². The molecule has 0 unspecified atom stereocenters. The summed E-state index contributed by atoms with van der Waals surface area (Å²) in [6.07, 6.45) is 4.53. The van der Waals surface area contributed by atoms with Crippen molar-refractivity contribution in [2.45, 2.75) is 61.8 Å². The smallest absolute Gasteiger partial charge is 0.262 e. The lowest BCUT2D eigenvalue weighted by atomic mass is 10.2. The summed E-state index contributed by atoms with van der Waals surface area (Å²) in [7, 11) is 0. The molecule has 3 nitrogen and oxygen atoms in total. The number of carbonyl (C=O) groups excluding carboxylic acids is 1. The Morgan fingerprint density at radius 1 is 1.17 bits per heavy atom. The van der Waals surface area contributed by atoms with E-state index >= 15 is 0 Å². The second-order valence-electron chi connectivity index (χ2n) is 2.53. The minimum Gasteiger partial charge on any atom is -0.482 e. The highest BCUT2D eigenvalue weighted by Gasteiger charge is 2.14. The highest BCUT2D eigenvalue weighted by Crippen LogP contribution is 2.12.